The summed E-state index contributed by atoms with van der Waals surface area (Å²) in [6.07, 6.45) is 1.39. The Labute approximate surface area is 60.3 Å². The van der Waals surface area contributed by atoms with Gasteiger partial charge in [0.25, 0.3) is 0 Å². The number of esters is 1. The van der Waals surface area contributed by atoms with Gasteiger partial charge in [-0.25, -0.2) is 0 Å². The van der Waals surface area contributed by atoms with Gasteiger partial charge >= 0.3 is 5.97 Å². The molecule has 1 fully saturated rings. The van der Waals surface area contributed by atoms with Crippen molar-refractivity contribution in [1.29, 1.82) is 0 Å². The second-order valence-corrected chi connectivity index (χ2v) is 2.31. The summed E-state index contributed by atoms with van der Waals surface area (Å²) < 4.78 is 9.99. The molecule has 0 amide bonds. The van der Waals surface area contributed by atoms with Crippen molar-refractivity contribution in [1.82, 2.24) is 0 Å². The number of carbonyl (C=O) groups is 1. The predicted octanol–water partition coefficient (Wildman–Crippen LogP) is 0.728. The van der Waals surface area contributed by atoms with Gasteiger partial charge in [0.05, 0.1) is 6.61 Å². The highest BCUT2D eigenvalue weighted by atomic mass is 16.6. The van der Waals surface area contributed by atoms with Gasteiger partial charge in [-0.2, -0.15) is 0 Å². The van der Waals surface area contributed by atoms with Gasteiger partial charge in [0.1, 0.15) is 6.10 Å². The van der Waals surface area contributed by atoms with Crippen LogP contribution in [0.2, 0.25) is 0 Å². The Hall–Kier alpha value is -0.570. The minimum absolute atomic E-state index is 0.0208. The number of cyclic esters (lactones) is 1. The van der Waals surface area contributed by atoms with Crippen LogP contribution in [0.1, 0.15) is 19.8 Å². The minimum Gasteiger partial charge on any atom is -0.460 e. The van der Waals surface area contributed by atoms with Gasteiger partial charge in [-0.05, 0) is 13.3 Å². The Morgan fingerprint density at radius 3 is 3.10 bits per heavy atom. The average Bonchev–Trinajstić information content (AvgIpc) is 2.31. The molecule has 1 unspecified atom stereocenters. The van der Waals surface area contributed by atoms with E-state index in [4.69, 9.17) is 9.47 Å². The van der Waals surface area contributed by atoms with E-state index in [0.29, 0.717) is 19.6 Å². The highest BCUT2D eigenvalue weighted by molar-refractivity contribution is 5.71. The first-order valence-electron chi connectivity index (χ1n) is 3.60. The molecule has 0 radical (unpaired) electrons. The minimum atomic E-state index is -0.0929. The Kier molecular flexibility index (Phi) is 2.68. The average molecular weight is 144 g/mol. The van der Waals surface area contributed by atoms with Gasteiger partial charge in [0.15, 0.2) is 0 Å². The number of hydrogen-bond acceptors (Lipinski definition) is 3. The highest BCUT2D eigenvalue weighted by Gasteiger charge is 2.22. The molecule has 1 saturated heterocycles. The lowest BCUT2D eigenvalue weighted by molar-refractivity contribution is -0.143. The van der Waals surface area contributed by atoms with E-state index in [1.807, 2.05) is 6.92 Å². The fourth-order valence-electron chi connectivity index (χ4n) is 0.949. The van der Waals surface area contributed by atoms with Crippen LogP contribution in [0.15, 0.2) is 0 Å². The smallest absolute Gasteiger partial charge is 0.306 e. The van der Waals surface area contributed by atoms with Gasteiger partial charge in [0, 0.05) is 13.0 Å². The molecule has 0 N–H and O–H groups in total. The molecule has 0 spiro atoms. The molecule has 0 saturated carbocycles. The molecule has 1 atom stereocenters. The number of carbonyl (C=O) groups excluding carboxylic acids is 1. The Morgan fingerprint density at radius 1 is 1.80 bits per heavy atom. The Balaban J connectivity index is 2.12. The zero-order valence-electron chi connectivity index (χ0n) is 6.13. The van der Waals surface area contributed by atoms with Crippen LogP contribution < -0.4 is 0 Å². The predicted molar refractivity (Wildman–Crippen MR) is 35.6 cm³/mol. The first-order chi connectivity index (χ1) is 4.83. The second kappa shape index (κ2) is 3.56. The van der Waals surface area contributed by atoms with E-state index in [2.05, 4.69) is 0 Å². The van der Waals surface area contributed by atoms with Crippen LogP contribution in [-0.2, 0) is 14.3 Å². The second-order valence-electron chi connectivity index (χ2n) is 2.31. The van der Waals surface area contributed by atoms with E-state index in [9.17, 15) is 4.79 Å². The molecular weight excluding hydrogens is 132 g/mol. The molecule has 1 aliphatic rings. The van der Waals surface area contributed by atoms with Crippen molar-refractivity contribution in [3.8, 4) is 0 Å². The molecule has 0 aromatic rings. The van der Waals surface area contributed by atoms with Gasteiger partial charge in [-0.15, -0.1) is 0 Å². The summed E-state index contributed by atoms with van der Waals surface area (Å²) in [4.78, 5) is 10.5. The summed E-state index contributed by atoms with van der Waals surface area (Å²) in [6, 6.07) is 0. The van der Waals surface area contributed by atoms with Crippen molar-refractivity contribution >= 4 is 5.97 Å². The molecule has 58 valence electrons. The summed E-state index contributed by atoms with van der Waals surface area (Å²) in [5, 5.41) is 0. The molecule has 1 aliphatic heterocycles. The van der Waals surface area contributed by atoms with Crippen LogP contribution in [0.3, 0.4) is 0 Å². The maximum absolute atomic E-state index is 10.5. The molecule has 1 rings (SSSR count). The largest absolute Gasteiger partial charge is 0.460 e. The van der Waals surface area contributed by atoms with Gasteiger partial charge in [-0.1, -0.05) is 0 Å². The van der Waals surface area contributed by atoms with Gasteiger partial charge in [0.2, 0.25) is 0 Å². The highest BCUT2D eigenvalue weighted by Crippen LogP contribution is 2.13. The van der Waals surface area contributed by atoms with Crippen LogP contribution in [-0.4, -0.2) is 25.3 Å². The van der Waals surface area contributed by atoms with E-state index in [0.717, 1.165) is 6.42 Å². The summed E-state index contributed by atoms with van der Waals surface area (Å²) in [5.41, 5.74) is 0. The maximum atomic E-state index is 10.5. The lowest BCUT2D eigenvalue weighted by Crippen LogP contribution is -2.14. The summed E-state index contributed by atoms with van der Waals surface area (Å²) >= 11 is 0. The zero-order chi connectivity index (χ0) is 7.40. The Morgan fingerprint density at radius 2 is 2.60 bits per heavy atom. The maximum Gasteiger partial charge on any atom is 0.306 e. The third-order valence-corrected chi connectivity index (χ3v) is 1.48. The first-order valence-corrected chi connectivity index (χ1v) is 3.60. The zero-order valence-corrected chi connectivity index (χ0v) is 6.13. The Bertz CT molecular complexity index is 122. The van der Waals surface area contributed by atoms with Crippen molar-refractivity contribution in [2.24, 2.45) is 0 Å². The first kappa shape index (κ1) is 7.54. The molecule has 1 heterocycles. The van der Waals surface area contributed by atoms with Gasteiger partial charge in [-0.3, -0.25) is 4.79 Å². The molecule has 0 aliphatic carbocycles. The van der Waals surface area contributed by atoms with Crippen LogP contribution in [0.4, 0.5) is 0 Å². The molecule has 3 heteroatoms. The third kappa shape index (κ3) is 1.99. The lowest BCUT2D eigenvalue weighted by atomic mass is 10.2. The standard InChI is InChI=1S/C7H12O3/c1-2-9-5-6-3-4-7(8)10-6/h6H,2-5H2,1H3. The molecule has 0 aromatic heterocycles. The summed E-state index contributed by atoms with van der Waals surface area (Å²) in [7, 11) is 0. The topological polar surface area (TPSA) is 35.5 Å². The van der Waals surface area contributed by atoms with Crippen LogP contribution in [0, 0.1) is 0 Å². The number of rotatable bonds is 3. The SMILES string of the molecule is CCOCC1CCC(=O)O1. The van der Waals surface area contributed by atoms with Crippen molar-refractivity contribution in [3.05, 3.63) is 0 Å². The van der Waals surface area contributed by atoms with Crippen molar-refractivity contribution in [2.75, 3.05) is 13.2 Å². The normalized spacial score (nSPS) is 24.9. The van der Waals surface area contributed by atoms with E-state index >= 15 is 0 Å². The lowest BCUT2D eigenvalue weighted by Gasteiger charge is -2.07. The van der Waals surface area contributed by atoms with Gasteiger partial charge < -0.3 is 9.47 Å². The van der Waals surface area contributed by atoms with Crippen LogP contribution in [0.5, 0.6) is 0 Å². The monoisotopic (exact) mass is 144 g/mol. The quantitative estimate of drug-likeness (QED) is 0.548. The fourth-order valence-corrected chi connectivity index (χ4v) is 0.949. The molecular formula is C7H12O3. The van der Waals surface area contributed by atoms with E-state index in [-0.39, 0.29) is 12.1 Å². The van der Waals surface area contributed by atoms with Crippen LogP contribution >= 0.6 is 0 Å². The van der Waals surface area contributed by atoms with Crippen molar-refractivity contribution in [2.45, 2.75) is 25.9 Å². The van der Waals surface area contributed by atoms with Crippen LogP contribution in [0.25, 0.3) is 0 Å². The summed E-state index contributed by atoms with van der Waals surface area (Å²) in [5.74, 6) is -0.0929. The van der Waals surface area contributed by atoms with Crippen molar-refractivity contribution in [3.63, 3.8) is 0 Å². The van der Waals surface area contributed by atoms with E-state index in [1.165, 1.54) is 0 Å². The van der Waals surface area contributed by atoms with Crippen molar-refractivity contribution < 1.29 is 14.3 Å². The third-order valence-electron chi connectivity index (χ3n) is 1.48. The molecule has 3 nitrogen and oxygen atoms in total. The molecule has 0 bridgehead atoms. The fraction of sp³-hybridized carbons (Fsp3) is 0.857. The van der Waals surface area contributed by atoms with E-state index < -0.39 is 0 Å². The number of hydrogen-bond donors (Lipinski definition) is 0. The molecule has 0 aromatic carbocycles. The van der Waals surface area contributed by atoms with E-state index in [1.54, 1.807) is 0 Å². The molecule has 10 heavy (non-hydrogen) atoms. The summed E-state index contributed by atoms with van der Waals surface area (Å²) in [6.45, 7) is 3.17. The number of ether oxygens (including phenoxy) is 2.